The number of nitrogens with zero attached hydrogens (tertiary/aromatic N) is 3. The van der Waals surface area contributed by atoms with Crippen LogP contribution in [0.25, 0.3) is 0 Å². The molecule has 10 heteroatoms. The minimum Gasteiger partial charge on any atom is -0.454 e. The molecular weight excluding hydrogens is 593 g/mol. The molecule has 0 radical (unpaired) electrons. The van der Waals surface area contributed by atoms with Gasteiger partial charge in [-0.25, -0.2) is 8.42 Å². The highest BCUT2D eigenvalue weighted by Crippen LogP contribution is 2.33. The van der Waals surface area contributed by atoms with Gasteiger partial charge in [-0.3, -0.25) is 14.0 Å². The van der Waals surface area contributed by atoms with Crippen molar-refractivity contribution in [2.24, 2.45) is 0 Å². The number of carbonyl (C=O) groups is 1. The topological polar surface area (TPSA) is 79.4 Å². The molecule has 188 valence electrons. The summed E-state index contributed by atoms with van der Waals surface area (Å²) in [5.74, 6) is 1.31. The Morgan fingerprint density at radius 1 is 0.889 bits per heavy atom. The molecule has 1 saturated heterocycles. The number of anilines is 1. The van der Waals surface area contributed by atoms with Crippen LogP contribution in [0.3, 0.4) is 0 Å². The third-order valence-corrected chi connectivity index (χ3v) is 8.80. The van der Waals surface area contributed by atoms with Gasteiger partial charge in [-0.2, -0.15) is 0 Å². The Kier molecular flexibility index (Phi) is 7.35. The van der Waals surface area contributed by atoms with Gasteiger partial charge in [0, 0.05) is 36.3 Å². The lowest BCUT2D eigenvalue weighted by atomic mass is 10.1. The molecule has 2 aliphatic heterocycles. The van der Waals surface area contributed by atoms with E-state index in [2.05, 4.69) is 27.5 Å². The number of amides is 1. The molecule has 8 nitrogen and oxygen atoms in total. The van der Waals surface area contributed by atoms with Gasteiger partial charge in [0.1, 0.15) is 6.54 Å². The summed E-state index contributed by atoms with van der Waals surface area (Å²) in [7, 11) is -3.91. The first-order chi connectivity index (χ1) is 17.4. The van der Waals surface area contributed by atoms with Gasteiger partial charge < -0.3 is 14.4 Å². The van der Waals surface area contributed by atoms with Crippen molar-refractivity contribution < 1.29 is 22.7 Å². The van der Waals surface area contributed by atoms with Crippen molar-refractivity contribution >= 4 is 44.2 Å². The van der Waals surface area contributed by atoms with E-state index in [1.807, 2.05) is 30.3 Å². The van der Waals surface area contributed by atoms with Gasteiger partial charge >= 0.3 is 0 Å². The van der Waals surface area contributed by atoms with Crippen molar-refractivity contribution in [3.8, 4) is 11.5 Å². The number of carbonyl (C=O) groups excluding carboxylic acids is 1. The van der Waals surface area contributed by atoms with E-state index in [-0.39, 0.29) is 24.1 Å². The van der Waals surface area contributed by atoms with Crippen molar-refractivity contribution in [1.82, 2.24) is 9.80 Å². The van der Waals surface area contributed by atoms with Crippen LogP contribution < -0.4 is 13.8 Å². The maximum absolute atomic E-state index is 13.5. The molecule has 0 N–H and O–H groups in total. The highest BCUT2D eigenvalue weighted by molar-refractivity contribution is 14.1. The Bertz CT molecular complexity index is 1330. The van der Waals surface area contributed by atoms with Gasteiger partial charge in [0.15, 0.2) is 11.5 Å². The number of rotatable bonds is 7. The zero-order valence-electron chi connectivity index (χ0n) is 19.5. The maximum Gasteiger partial charge on any atom is 0.264 e. The SMILES string of the molecule is O=C(CN(c1ccc(I)cc1)S(=O)(=O)c1ccccc1)N1CCN(Cc2ccc3c(c2)OCO3)CC1. The summed E-state index contributed by atoms with van der Waals surface area (Å²) >= 11 is 2.17. The summed E-state index contributed by atoms with van der Waals surface area (Å²) in [6, 6.07) is 21.3. The predicted octanol–water partition coefficient (Wildman–Crippen LogP) is 3.56. The van der Waals surface area contributed by atoms with E-state index in [0.29, 0.717) is 31.9 Å². The highest BCUT2D eigenvalue weighted by Gasteiger charge is 2.30. The first kappa shape index (κ1) is 24.8. The van der Waals surface area contributed by atoms with Crippen LogP contribution in [0.15, 0.2) is 77.7 Å². The summed E-state index contributed by atoms with van der Waals surface area (Å²) < 4.78 is 40.0. The molecule has 1 fully saturated rings. The standard InChI is InChI=1S/C26H26IN3O5S/c27-21-7-9-22(10-8-21)30(36(32,33)23-4-2-1-3-5-23)18-26(31)29-14-12-28(13-15-29)17-20-6-11-24-25(16-20)35-19-34-24/h1-11,16H,12-15,17-19H2. The normalized spacial score (nSPS) is 15.6. The Morgan fingerprint density at radius 3 is 2.31 bits per heavy atom. The highest BCUT2D eigenvalue weighted by atomic mass is 127. The summed E-state index contributed by atoms with van der Waals surface area (Å²) in [4.78, 5) is 17.5. The van der Waals surface area contributed by atoms with Crippen LogP contribution in [0.2, 0.25) is 0 Å². The van der Waals surface area contributed by atoms with Crippen molar-refractivity contribution in [2.75, 3.05) is 43.8 Å². The largest absolute Gasteiger partial charge is 0.454 e. The monoisotopic (exact) mass is 619 g/mol. The van der Waals surface area contributed by atoms with Crippen LogP contribution >= 0.6 is 22.6 Å². The minimum absolute atomic E-state index is 0.157. The van der Waals surface area contributed by atoms with Crippen molar-refractivity contribution in [3.05, 3.63) is 81.9 Å². The van der Waals surface area contributed by atoms with Gasteiger partial charge in [0.2, 0.25) is 12.7 Å². The quantitative estimate of drug-likeness (QED) is 0.377. The molecule has 3 aromatic carbocycles. The third-order valence-electron chi connectivity index (χ3n) is 6.29. The summed E-state index contributed by atoms with van der Waals surface area (Å²) in [5, 5.41) is 0. The van der Waals surface area contributed by atoms with E-state index < -0.39 is 10.0 Å². The fourth-order valence-corrected chi connectivity index (χ4v) is 6.11. The molecule has 0 atom stereocenters. The van der Waals surface area contributed by atoms with E-state index in [1.165, 1.54) is 4.31 Å². The summed E-state index contributed by atoms with van der Waals surface area (Å²) in [6.45, 7) is 3.23. The number of piperazine rings is 1. The average molecular weight is 619 g/mol. The number of ether oxygens (including phenoxy) is 2. The second kappa shape index (κ2) is 10.7. The van der Waals surface area contributed by atoms with Crippen LogP contribution in [-0.2, 0) is 21.4 Å². The number of benzene rings is 3. The number of fused-ring (bicyclic) bond motifs is 1. The molecule has 2 aliphatic rings. The van der Waals surface area contributed by atoms with Gasteiger partial charge in [0.05, 0.1) is 10.6 Å². The maximum atomic E-state index is 13.5. The van der Waals surface area contributed by atoms with E-state index >= 15 is 0 Å². The fourth-order valence-electron chi connectivity index (χ4n) is 4.32. The van der Waals surface area contributed by atoms with E-state index in [9.17, 15) is 13.2 Å². The van der Waals surface area contributed by atoms with Gasteiger partial charge in [-0.15, -0.1) is 0 Å². The second-order valence-corrected chi connectivity index (χ2v) is 11.8. The first-order valence-corrected chi connectivity index (χ1v) is 14.1. The van der Waals surface area contributed by atoms with E-state index in [0.717, 1.165) is 27.2 Å². The van der Waals surface area contributed by atoms with Gasteiger partial charge in [0.25, 0.3) is 10.0 Å². The van der Waals surface area contributed by atoms with Crippen molar-refractivity contribution in [3.63, 3.8) is 0 Å². The molecule has 0 unspecified atom stereocenters. The third kappa shape index (κ3) is 5.45. The zero-order valence-corrected chi connectivity index (χ0v) is 22.5. The molecule has 5 rings (SSSR count). The van der Waals surface area contributed by atoms with Crippen LogP contribution in [0, 0.1) is 3.57 Å². The van der Waals surface area contributed by atoms with Crippen molar-refractivity contribution in [2.45, 2.75) is 11.4 Å². The Morgan fingerprint density at radius 2 is 1.58 bits per heavy atom. The smallest absolute Gasteiger partial charge is 0.264 e. The molecule has 0 aliphatic carbocycles. The molecule has 3 aromatic rings. The molecule has 0 saturated carbocycles. The summed E-state index contributed by atoms with van der Waals surface area (Å²) in [5.41, 5.74) is 1.59. The Hall–Kier alpha value is -2.83. The number of hydrogen-bond donors (Lipinski definition) is 0. The fraction of sp³-hybridized carbons (Fsp3) is 0.269. The lowest BCUT2D eigenvalue weighted by molar-refractivity contribution is -0.131. The number of hydrogen-bond acceptors (Lipinski definition) is 6. The molecule has 36 heavy (non-hydrogen) atoms. The minimum atomic E-state index is -3.91. The molecule has 0 bridgehead atoms. The molecule has 1 amide bonds. The van der Waals surface area contributed by atoms with E-state index in [1.54, 1.807) is 47.4 Å². The Labute approximate surface area is 224 Å². The molecule has 0 aromatic heterocycles. The van der Waals surface area contributed by atoms with Gasteiger partial charge in [-0.1, -0.05) is 24.3 Å². The lowest BCUT2D eigenvalue weighted by Crippen LogP contribution is -2.51. The van der Waals surface area contributed by atoms with Gasteiger partial charge in [-0.05, 0) is 76.7 Å². The van der Waals surface area contributed by atoms with E-state index in [4.69, 9.17) is 9.47 Å². The molecular formula is C26H26IN3O5S. The van der Waals surface area contributed by atoms with Crippen LogP contribution in [0.5, 0.6) is 11.5 Å². The first-order valence-electron chi connectivity index (χ1n) is 11.6. The number of halogens is 1. The molecule has 0 spiro atoms. The second-order valence-electron chi connectivity index (χ2n) is 8.65. The van der Waals surface area contributed by atoms with Crippen LogP contribution in [0.4, 0.5) is 5.69 Å². The Balaban J connectivity index is 1.26. The van der Waals surface area contributed by atoms with Crippen LogP contribution in [-0.4, -0.2) is 63.6 Å². The lowest BCUT2D eigenvalue weighted by Gasteiger charge is -2.36. The molecule has 2 heterocycles. The summed E-state index contributed by atoms with van der Waals surface area (Å²) in [6.07, 6.45) is 0. The van der Waals surface area contributed by atoms with Crippen LogP contribution in [0.1, 0.15) is 5.56 Å². The number of sulfonamides is 1. The average Bonchev–Trinajstić information content (AvgIpc) is 3.37. The predicted molar refractivity (Wildman–Crippen MR) is 145 cm³/mol. The zero-order chi connectivity index (χ0) is 25.1. The van der Waals surface area contributed by atoms with Crippen molar-refractivity contribution in [1.29, 1.82) is 0 Å².